The lowest BCUT2D eigenvalue weighted by Gasteiger charge is -2.15. The lowest BCUT2D eigenvalue weighted by Crippen LogP contribution is -2.28. The minimum Gasteiger partial charge on any atom is -0.502 e. The molecule has 1 aliphatic heterocycles. The first kappa shape index (κ1) is 22.9. The zero-order valence-corrected chi connectivity index (χ0v) is 18.4. The highest BCUT2D eigenvalue weighted by Crippen LogP contribution is 2.23. The fourth-order valence-corrected chi connectivity index (χ4v) is 3.88. The van der Waals surface area contributed by atoms with Crippen LogP contribution in [0.5, 0.6) is 5.75 Å². The standard InChI is InChI=1S/C26H29N3O4/c30-15-22(13-24-25(31)26(32)29-17-28-24)21-9-7-19(8-10-21)2-1-18-3-5-20(6-4-18)14-27-23-11-12-33-16-23/h1-10,17,22-23,27,30-31H,11-16H2,(H,28,29,32)/b2-1+/t22?,23-/m0/s1. The zero-order valence-electron chi connectivity index (χ0n) is 18.4. The van der Waals surface area contributed by atoms with Crippen molar-refractivity contribution in [2.45, 2.75) is 31.3 Å². The fourth-order valence-electron chi connectivity index (χ4n) is 3.88. The Morgan fingerprint density at radius 1 is 1.12 bits per heavy atom. The highest BCUT2D eigenvalue weighted by molar-refractivity contribution is 5.69. The third kappa shape index (κ3) is 6.16. The summed E-state index contributed by atoms with van der Waals surface area (Å²) in [5, 5.41) is 23.2. The first-order valence-corrected chi connectivity index (χ1v) is 11.2. The molecule has 2 atom stereocenters. The maximum atomic E-state index is 11.6. The Bertz CT molecular complexity index is 1120. The minimum atomic E-state index is -0.579. The summed E-state index contributed by atoms with van der Waals surface area (Å²) in [5.41, 5.74) is 4.03. The van der Waals surface area contributed by atoms with Crippen LogP contribution < -0.4 is 10.9 Å². The van der Waals surface area contributed by atoms with Crippen LogP contribution in [0, 0.1) is 0 Å². The molecule has 1 aromatic heterocycles. The first-order chi connectivity index (χ1) is 16.1. The molecular formula is C26H29N3O4. The van der Waals surface area contributed by atoms with E-state index in [1.165, 1.54) is 11.9 Å². The van der Waals surface area contributed by atoms with Gasteiger partial charge in [-0.3, -0.25) is 4.79 Å². The van der Waals surface area contributed by atoms with E-state index in [0.29, 0.717) is 6.04 Å². The lowest BCUT2D eigenvalue weighted by molar-refractivity contribution is 0.190. The van der Waals surface area contributed by atoms with Crippen LogP contribution in [0.15, 0.2) is 59.7 Å². The van der Waals surface area contributed by atoms with Gasteiger partial charge in [0, 0.05) is 31.5 Å². The van der Waals surface area contributed by atoms with Crippen LogP contribution >= 0.6 is 0 Å². The van der Waals surface area contributed by atoms with Gasteiger partial charge in [0.1, 0.15) is 0 Å². The molecule has 7 heteroatoms. The third-order valence-corrected chi connectivity index (χ3v) is 5.94. The molecule has 0 aliphatic carbocycles. The van der Waals surface area contributed by atoms with Crippen molar-refractivity contribution in [3.8, 4) is 5.75 Å². The predicted molar refractivity (Wildman–Crippen MR) is 128 cm³/mol. The highest BCUT2D eigenvalue weighted by Gasteiger charge is 2.16. The van der Waals surface area contributed by atoms with Crippen LogP contribution in [0.1, 0.15) is 40.3 Å². The van der Waals surface area contributed by atoms with Crippen molar-refractivity contribution in [3.05, 3.63) is 93.2 Å². The van der Waals surface area contributed by atoms with Crippen molar-refractivity contribution in [3.63, 3.8) is 0 Å². The smallest absolute Gasteiger partial charge is 0.293 e. The number of nitrogens with one attached hydrogen (secondary N) is 2. The second-order valence-electron chi connectivity index (χ2n) is 8.29. The monoisotopic (exact) mass is 447 g/mol. The van der Waals surface area contributed by atoms with E-state index in [9.17, 15) is 15.0 Å². The topological polar surface area (TPSA) is 107 Å². The second kappa shape index (κ2) is 11.0. The van der Waals surface area contributed by atoms with Crippen molar-refractivity contribution < 1.29 is 14.9 Å². The van der Waals surface area contributed by atoms with Crippen LogP contribution in [0.3, 0.4) is 0 Å². The molecule has 1 aliphatic rings. The summed E-state index contributed by atoms with van der Waals surface area (Å²) in [5.74, 6) is -0.662. The number of nitrogens with zero attached hydrogens (tertiary/aromatic N) is 1. The molecular weight excluding hydrogens is 418 g/mol. The summed E-state index contributed by atoms with van der Waals surface area (Å²) >= 11 is 0. The van der Waals surface area contributed by atoms with Gasteiger partial charge in [0.15, 0.2) is 0 Å². The molecule has 0 saturated carbocycles. The summed E-state index contributed by atoms with van der Waals surface area (Å²) in [6.07, 6.45) is 6.72. The second-order valence-corrected chi connectivity index (χ2v) is 8.29. The Morgan fingerprint density at radius 2 is 1.82 bits per heavy atom. The molecule has 0 bridgehead atoms. The van der Waals surface area contributed by atoms with Crippen LogP contribution in [0.25, 0.3) is 12.2 Å². The molecule has 1 saturated heterocycles. The van der Waals surface area contributed by atoms with Gasteiger partial charge in [0.05, 0.1) is 25.2 Å². The predicted octanol–water partition coefficient (Wildman–Crippen LogP) is 2.84. The van der Waals surface area contributed by atoms with Gasteiger partial charge in [-0.15, -0.1) is 0 Å². The number of H-pyrrole nitrogens is 1. The van der Waals surface area contributed by atoms with E-state index >= 15 is 0 Å². The minimum absolute atomic E-state index is 0.113. The molecule has 1 fully saturated rings. The van der Waals surface area contributed by atoms with E-state index in [1.54, 1.807) is 0 Å². The number of aromatic amines is 1. The van der Waals surface area contributed by atoms with Gasteiger partial charge in [0.25, 0.3) is 5.56 Å². The summed E-state index contributed by atoms with van der Waals surface area (Å²) in [6.45, 7) is 2.37. The Morgan fingerprint density at radius 3 is 2.45 bits per heavy atom. The van der Waals surface area contributed by atoms with Crippen molar-refractivity contribution in [2.24, 2.45) is 0 Å². The summed E-state index contributed by atoms with van der Waals surface area (Å²) < 4.78 is 5.39. The first-order valence-electron chi connectivity index (χ1n) is 11.2. The van der Waals surface area contributed by atoms with Crippen molar-refractivity contribution in [2.75, 3.05) is 19.8 Å². The van der Waals surface area contributed by atoms with Crippen LogP contribution in [-0.4, -0.2) is 46.0 Å². The van der Waals surface area contributed by atoms with Gasteiger partial charge >= 0.3 is 0 Å². The number of aromatic hydroxyl groups is 1. The highest BCUT2D eigenvalue weighted by atomic mass is 16.5. The molecule has 4 N–H and O–H groups in total. The number of hydrogen-bond acceptors (Lipinski definition) is 6. The number of aliphatic hydroxyl groups is 1. The van der Waals surface area contributed by atoms with Gasteiger partial charge in [-0.05, 0) is 28.7 Å². The Kier molecular flexibility index (Phi) is 7.67. The average molecular weight is 448 g/mol. The molecule has 4 rings (SSSR count). The third-order valence-electron chi connectivity index (χ3n) is 5.94. The van der Waals surface area contributed by atoms with Crippen molar-refractivity contribution >= 4 is 12.2 Å². The van der Waals surface area contributed by atoms with Crippen LogP contribution in [-0.2, 0) is 17.7 Å². The Hall–Kier alpha value is -3.26. The summed E-state index contributed by atoms with van der Waals surface area (Å²) in [7, 11) is 0. The van der Waals surface area contributed by atoms with E-state index in [-0.39, 0.29) is 24.6 Å². The molecule has 2 heterocycles. The Balaban J connectivity index is 1.35. The molecule has 0 spiro atoms. The Labute approximate surface area is 192 Å². The van der Waals surface area contributed by atoms with Crippen molar-refractivity contribution in [1.29, 1.82) is 0 Å². The van der Waals surface area contributed by atoms with Gasteiger partial charge in [-0.2, -0.15) is 0 Å². The average Bonchev–Trinajstić information content (AvgIpc) is 3.37. The molecule has 0 radical (unpaired) electrons. The number of rotatable bonds is 9. The maximum absolute atomic E-state index is 11.6. The number of benzene rings is 2. The molecule has 2 aromatic carbocycles. The summed E-state index contributed by atoms with van der Waals surface area (Å²) in [6, 6.07) is 16.8. The molecule has 3 aromatic rings. The van der Waals surface area contributed by atoms with Gasteiger partial charge in [0.2, 0.25) is 5.75 Å². The number of aliphatic hydroxyl groups excluding tert-OH is 1. The largest absolute Gasteiger partial charge is 0.502 e. The van der Waals surface area contributed by atoms with Gasteiger partial charge < -0.3 is 25.3 Å². The van der Waals surface area contributed by atoms with Gasteiger partial charge in [-0.1, -0.05) is 60.7 Å². The number of ether oxygens (including phenoxy) is 1. The summed E-state index contributed by atoms with van der Waals surface area (Å²) in [4.78, 5) is 17.9. The fraction of sp³-hybridized carbons (Fsp3) is 0.308. The molecule has 172 valence electrons. The SMILES string of the molecule is O=c1[nH]cnc(CC(CO)c2ccc(/C=C/c3ccc(CN[C@H]4CCOC4)cc3)cc2)c1O. The van der Waals surface area contributed by atoms with E-state index < -0.39 is 11.3 Å². The van der Waals surface area contributed by atoms with E-state index in [4.69, 9.17) is 4.74 Å². The normalized spacial score (nSPS) is 16.9. The molecule has 1 unspecified atom stereocenters. The number of hydrogen-bond donors (Lipinski definition) is 4. The number of aromatic nitrogens is 2. The maximum Gasteiger partial charge on any atom is 0.293 e. The van der Waals surface area contributed by atoms with E-state index in [1.807, 2.05) is 30.3 Å². The molecule has 7 nitrogen and oxygen atoms in total. The molecule has 33 heavy (non-hydrogen) atoms. The van der Waals surface area contributed by atoms with E-state index in [0.717, 1.165) is 42.9 Å². The van der Waals surface area contributed by atoms with E-state index in [2.05, 4.69) is 45.6 Å². The quantitative estimate of drug-likeness (QED) is 0.376. The van der Waals surface area contributed by atoms with Crippen molar-refractivity contribution in [1.82, 2.24) is 15.3 Å². The lowest BCUT2D eigenvalue weighted by atomic mass is 9.93. The van der Waals surface area contributed by atoms with Crippen LogP contribution in [0.4, 0.5) is 0 Å². The van der Waals surface area contributed by atoms with Crippen LogP contribution in [0.2, 0.25) is 0 Å². The zero-order chi connectivity index (χ0) is 23.0. The molecule has 0 amide bonds. The van der Waals surface area contributed by atoms with Gasteiger partial charge in [-0.25, -0.2) is 4.98 Å².